The van der Waals surface area contributed by atoms with Crippen molar-refractivity contribution in [1.82, 2.24) is 0 Å². The molecule has 4 rings (SSSR count). The van der Waals surface area contributed by atoms with E-state index in [1.54, 1.807) is 0 Å². The number of para-hydroxylation sites is 1. The summed E-state index contributed by atoms with van der Waals surface area (Å²) in [4.78, 5) is 0. The normalized spacial score (nSPS) is 14.2. The van der Waals surface area contributed by atoms with Crippen molar-refractivity contribution >= 4 is 16.8 Å². The Balaban J connectivity index is 1.72. The first kappa shape index (κ1) is 14.5. The Morgan fingerprint density at radius 2 is 0.917 bits per heavy atom. The molecule has 3 aromatic rings. The Kier molecular flexibility index (Phi) is 3.99. The number of anilines is 1. The van der Waals surface area contributed by atoms with Gasteiger partial charge in [-0.1, -0.05) is 78.9 Å². The van der Waals surface area contributed by atoms with E-state index in [9.17, 15) is 0 Å². The topological polar surface area (TPSA) is 12.0 Å². The average Bonchev–Trinajstić information content (AvgIpc) is 3.08. The van der Waals surface area contributed by atoms with Crippen LogP contribution in [0.2, 0.25) is 0 Å². The molecule has 24 heavy (non-hydrogen) atoms. The molecule has 0 aromatic heterocycles. The third-order valence-corrected chi connectivity index (χ3v) is 4.26. The minimum atomic E-state index is 0.192. The first-order chi connectivity index (χ1) is 11.9. The highest BCUT2D eigenvalue weighted by Gasteiger charge is 2.19. The molecule has 0 spiro atoms. The summed E-state index contributed by atoms with van der Waals surface area (Å²) >= 11 is 0. The molecule has 1 N–H and O–H groups in total. The van der Waals surface area contributed by atoms with Crippen molar-refractivity contribution in [3.05, 3.63) is 114 Å². The van der Waals surface area contributed by atoms with Gasteiger partial charge in [0.25, 0.3) is 0 Å². The fourth-order valence-electron chi connectivity index (χ4n) is 3.14. The second-order valence-electron chi connectivity index (χ2n) is 5.93. The summed E-state index contributed by atoms with van der Waals surface area (Å²) in [6, 6.07) is 31.7. The van der Waals surface area contributed by atoms with Gasteiger partial charge in [0.1, 0.15) is 0 Å². The zero-order chi connectivity index (χ0) is 16.2. The highest BCUT2D eigenvalue weighted by Crippen LogP contribution is 2.36. The third kappa shape index (κ3) is 3.02. The van der Waals surface area contributed by atoms with Gasteiger partial charge in [0.2, 0.25) is 0 Å². The summed E-state index contributed by atoms with van der Waals surface area (Å²) < 4.78 is 0. The summed E-state index contributed by atoms with van der Waals surface area (Å²) in [5, 5.41) is 3.59. The van der Waals surface area contributed by atoms with Crippen LogP contribution in [0.4, 0.5) is 5.69 Å². The molecule has 1 nitrogen and oxygen atoms in total. The van der Waals surface area contributed by atoms with Gasteiger partial charge in [-0.3, -0.25) is 0 Å². The standard InChI is InChI=1S/C23H19N/c1-4-10-18(11-5-1)22-16-21(24-20-14-8-3-9-15-20)17-23(22)19-12-6-2-7-13-19/h1-17,21,24H. The van der Waals surface area contributed by atoms with Crippen LogP contribution in [0.25, 0.3) is 11.1 Å². The Labute approximate surface area is 143 Å². The van der Waals surface area contributed by atoms with E-state index in [2.05, 4.69) is 102 Å². The fraction of sp³-hybridized carbons (Fsp3) is 0.0435. The maximum absolute atomic E-state index is 3.59. The Hall–Kier alpha value is -3.06. The van der Waals surface area contributed by atoms with E-state index in [0.29, 0.717) is 0 Å². The number of nitrogens with one attached hydrogen (secondary N) is 1. The van der Waals surface area contributed by atoms with Gasteiger partial charge in [-0.25, -0.2) is 0 Å². The summed E-state index contributed by atoms with van der Waals surface area (Å²) in [6.45, 7) is 0. The lowest BCUT2D eigenvalue weighted by molar-refractivity contribution is 1.13. The van der Waals surface area contributed by atoms with E-state index in [0.717, 1.165) is 5.69 Å². The summed E-state index contributed by atoms with van der Waals surface area (Å²) in [7, 11) is 0. The zero-order valence-electron chi connectivity index (χ0n) is 13.4. The van der Waals surface area contributed by atoms with E-state index >= 15 is 0 Å². The van der Waals surface area contributed by atoms with Crippen LogP contribution in [-0.4, -0.2) is 6.04 Å². The number of rotatable bonds is 4. The lowest BCUT2D eigenvalue weighted by Gasteiger charge is -2.09. The molecule has 0 aliphatic heterocycles. The maximum atomic E-state index is 3.59. The molecular formula is C23H19N. The van der Waals surface area contributed by atoms with E-state index in [-0.39, 0.29) is 6.04 Å². The summed E-state index contributed by atoms with van der Waals surface area (Å²) in [5.41, 5.74) is 6.22. The van der Waals surface area contributed by atoms with Crippen molar-refractivity contribution in [2.24, 2.45) is 0 Å². The Bertz CT molecular complexity index is 806. The SMILES string of the molecule is C1=C(c2ccccc2)C(c2ccccc2)=CC1Nc1ccccc1. The smallest absolute Gasteiger partial charge is 0.0647 e. The van der Waals surface area contributed by atoms with Crippen molar-refractivity contribution in [3.63, 3.8) is 0 Å². The van der Waals surface area contributed by atoms with Crippen LogP contribution in [-0.2, 0) is 0 Å². The first-order valence-electron chi connectivity index (χ1n) is 8.26. The molecule has 0 unspecified atom stereocenters. The van der Waals surface area contributed by atoms with Crippen molar-refractivity contribution in [1.29, 1.82) is 0 Å². The molecule has 0 saturated carbocycles. The maximum Gasteiger partial charge on any atom is 0.0647 e. The first-order valence-corrected chi connectivity index (χ1v) is 8.26. The largest absolute Gasteiger partial charge is 0.375 e. The quantitative estimate of drug-likeness (QED) is 0.657. The summed E-state index contributed by atoms with van der Waals surface area (Å²) in [6.07, 6.45) is 4.62. The van der Waals surface area contributed by atoms with Gasteiger partial charge in [-0.15, -0.1) is 0 Å². The number of allylic oxidation sites excluding steroid dienone is 2. The molecule has 0 amide bonds. The number of hydrogen-bond acceptors (Lipinski definition) is 1. The van der Waals surface area contributed by atoms with Gasteiger partial charge in [0.05, 0.1) is 6.04 Å². The van der Waals surface area contributed by atoms with Gasteiger partial charge in [0, 0.05) is 5.69 Å². The van der Waals surface area contributed by atoms with Gasteiger partial charge in [0.15, 0.2) is 0 Å². The second-order valence-corrected chi connectivity index (χ2v) is 5.93. The predicted molar refractivity (Wildman–Crippen MR) is 103 cm³/mol. The van der Waals surface area contributed by atoms with Crippen LogP contribution in [0.5, 0.6) is 0 Å². The molecule has 116 valence electrons. The Morgan fingerprint density at radius 3 is 1.38 bits per heavy atom. The van der Waals surface area contributed by atoms with E-state index in [1.165, 1.54) is 22.3 Å². The van der Waals surface area contributed by atoms with Crippen molar-refractivity contribution in [3.8, 4) is 0 Å². The van der Waals surface area contributed by atoms with Crippen LogP contribution in [0.1, 0.15) is 11.1 Å². The molecular weight excluding hydrogens is 290 g/mol. The predicted octanol–water partition coefficient (Wildman–Crippen LogP) is 5.65. The van der Waals surface area contributed by atoms with Crippen molar-refractivity contribution < 1.29 is 0 Å². The van der Waals surface area contributed by atoms with Crippen LogP contribution in [0, 0.1) is 0 Å². The number of hydrogen-bond donors (Lipinski definition) is 1. The van der Waals surface area contributed by atoms with Gasteiger partial charge < -0.3 is 5.32 Å². The highest BCUT2D eigenvalue weighted by molar-refractivity contribution is 6.08. The van der Waals surface area contributed by atoms with Crippen LogP contribution in [0.15, 0.2) is 103 Å². The molecule has 1 aliphatic carbocycles. The molecule has 1 aliphatic rings. The van der Waals surface area contributed by atoms with Gasteiger partial charge >= 0.3 is 0 Å². The number of benzene rings is 3. The van der Waals surface area contributed by atoms with E-state index in [4.69, 9.17) is 0 Å². The third-order valence-electron chi connectivity index (χ3n) is 4.26. The lowest BCUT2D eigenvalue weighted by atomic mass is 9.95. The minimum Gasteiger partial charge on any atom is -0.375 e. The van der Waals surface area contributed by atoms with Gasteiger partial charge in [-0.2, -0.15) is 0 Å². The molecule has 3 aromatic carbocycles. The van der Waals surface area contributed by atoms with Crippen LogP contribution < -0.4 is 5.32 Å². The molecule has 0 fully saturated rings. The zero-order valence-corrected chi connectivity index (χ0v) is 13.4. The monoisotopic (exact) mass is 309 g/mol. The highest BCUT2D eigenvalue weighted by atomic mass is 14.9. The summed E-state index contributed by atoms with van der Waals surface area (Å²) in [5.74, 6) is 0. The van der Waals surface area contributed by atoms with Crippen LogP contribution in [0.3, 0.4) is 0 Å². The fourth-order valence-corrected chi connectivity index (χ4v) is 3.14. The van der Waals surface area contributed by atoms with Gasteiger partial charge in [-0.05, 0) is 46.6 Å². The molecule has 0 radical (unpaired) electrons. The molecule has 0 heterocycles. The second kappa shape index (κ2) is 6.59. The molecule has 0 saturated heterocycles. The van der Waals surface area contributed by atoms with Crippen LogP contribution >= 0.6 is 0 Å². The molecule has 0 bridgehead atoms. The van der Waals surface area contributed by atoms with Crippen molar-refractivity contribution in [2.45, 2.75) is 6.04 Å². The van der Waals surface area contributed by atoms with E-state index in [1.807, 2.05) is 6.07 Å². The van der Waals surface area contributed by atoms with Crippen molar-refractivity contribution in [2.75, 3.05) is 5.32 Å². The molecule has 1 heteroatoms. The average molecular weight is 309 g/mol. The van der Waals surface area contributed by atoms with E-state index < -0.39 is 0 Å². The Morgan fingerprint density at radius 1 is 0.500 bits per heavy atom. The molecule has 0 atom stereocenters. The minimum absolute atomic E-state index is 0.192. The lowest BCUT2D eigenvalue weighted by Crippen LogP contribution is -2.11.